The molecule has 0 saturated heterocycles. The van der Waals surface area contributed by atoms with Crippen molar-refractivity contribution in [2.45, 2.75) is 0 Å². The molecule has 28 valence electrons. The smallest absolute Gasteiger partial charge is 0.0468 e. The van der Waals surface area contributed by atoms with Crippen LogP contribution in [0.25, 0.3) is 0 Å². The summed E-state index contributed by atoms with van der Waals surface area (Å²) in [5.74, 6) is 0. The van der Waals surface area contributed by atoms with Crippen molar-refractivity contribution in [3.05, 3.63) is 16.3 Å². The Labute approximate surface area is 44.3 Å². The van der Waals surface area contributed by atoms with Gasteiger partial charge in [-0.15, -0.1) is 5.73 Å². The molecule has 0 spiro atoms. The molecular formula is C3H2BrCl. The molecule has 0 aromatic heterocycles. The molecule has 5 heavy (non-hydrogen) atoms. The van der Waals surface area contributed by atoms with Gasteiger partial charge in [0.25, 0.3) is 0 Å². The van der Waals surface area contributed by atoms with Gasteiger partial charge in [-0.25, -0.2) is 0 Å². The minimum absolute atomic E-state index is 1.30. The van der Waals surface area contributed by atoms with E-state index in [9.17, 15) is 0 Å². The van der Waals surface area contributed by atoms with Gasteiger partial charge >= 0.3 is 0 Å². The van der Waals surface area contributed by atoms with Crippen molar-refractivity contribution in [2.75, 3.05) is 0 Å². The largest absolute Gasteiger partial charge is 0.101 e. The maximum atomic E-state index is 5.00. The Morgan fingerprint density at radius 1 is 1.80 bits per heavy atom. The van der Waals surface area contributed by atoms with Crippen LogP contribution >= 0.6 is 27.5 Å². The number of hydrogen-bond donors (Lipinski definition) is 0. The van der Waals surface area contributed by atoms with Gasteiger partial charge in [0, 0.05) is 10.5 Å². The lowest BCUT2D eigenvalue weighted by atomic mass is 11.0. The summed E-state index contributed by atoms with van der Waals surface area (Å²) in [7, 11) is 0. The van der Waals surface area contributed by atoms with Crippen molar-refractivity contribution < 1.29 is 0 Å². The summed E-state index contributed by atoms with van der Waals surface area (Å²) in [5, 5.41) is 0. The molecule has 0 heterocycles. The van der Waals surface area contributed by atoms with Crippen LogP contribution in [0.15, 0.2) is 16.3 Å². The van der Waals surface area contributed by atoms with E-state index in [1.807, 2.05) is 0 Å². The molecule has 0 unspecified atom stereocenters. The second-order valence-corrected chi connectivity index (χ2v) is 1.06. The topological polar surface area (TPSA) is 0 Å². The summed E-state index contributed by atoms with van der Waals surface area (Å²) in [6, 6.07) is 0. The third-order valence-corrected chi connectivity index (χ3v) is 0.516. The third-order valence-electron chi connectivity index (χ3n) is 0.126. The zero-order valence-corrected chi connectivity index (χ0v) is 4.75. The fourth-order valence-corrected chi connectivity index (χ4v) is 0.371. The molecule has 0 rings (SSSR count). The highest BCUT2D eigenvalue weighted by atomic mass is 79.9. The van der Waals surface area contributed by atoms with Crippen molar-refractivity contribution in [2.24, 2.45) is 0 Å². The summed E-state index contributed by atoms with van der Waals surface area (Å²) in [6.07, 6.45) is 0. The molecular weight excluding hydrogens is 151 g/mol. The molecule has 0 atom stereocenters. The standard InChI is InChI=1S/C3H2BrCl/c4-2-1-3-5/h2-3H. The lowest BCUT2D eigenvalue weighted by Crippen LogP contribution is -1.14. The zero-order chi connectivity index (χ0) is 4.12. The first-order valence-corrected chi connectivity index (χ1v) is 2.37. The summed E-state index contributed by atoms with van der Waals surface area (Å²) in [6.45, 7) is 0. The van der Waals surface area contributed by atoms with Crippen LogP contribution in [-0.2, 0) is 0 Å². The van der Waals surface area contributed by atoms with Crippen molar-refractivity contribution in [1.82, 2.24) is 0 Å². The second-order valence-electron chi connectivity index (χ2n) is 0.385. The van der Waals surface area contributed by atoms with E-state index in [2.05, 4.69) is 21.7 Å². The maximum Gasteiger partial charge on any atom is 0.0468 e. The van der Waals surface area contributed by atoms with Gasteiger partial charge < -0.3 is 0 Å². The van der Waals surface area contributed by atoms with E-state index in [1.54, 1.807) is 4.99 Å². The summed E-state index contributed by atoms with van der Waals surface area (Å²) in [5.41, 5.74) is 3.84. The van der Waals surface area contributed by atoms with Crippen molar-refractivity contribution >= 4 is 27.5 Å². The predicted molar refractivity (Wildman–Crippen MR) is 27.4 cm³/mol. The fourth-order valence-electron chi connectivity index (χ4n) is 0.0238. The first-order chi connectivity index (χ1) is 2.41. The monoisotopic (exact) mass is 152 g/mol. The van der Waals surface area contributed by atoms with Crippen molar-refractivity contribution in [3.63, 3.8) is 0 Å². The quantitative estimate of drug-likeness (QED) is 0.468. The van der Waals surface area contributed by atoms with Crippen LogP contribution in [0, 0.1) is 0 Å². The zero-order valence-electron chi connectivity index (χ0n) is 2.41. The predicted octanol–water partition coefficient (Wildman–Crippen LogP) is 2.25. The molecule has 0 aromatic rings. The van der Waals surface area contributed by atoms with Crippen LogP contribution in [0.4, 0.5) is 0 Å². The molecule has 0 fully saturated rings. The molecule has 0 bridgehead atoms. The number of rotatable bonds is 0. The van der Waals surface area contributed by atoms with Crippen molar-refractivity contribution in [1.29, 1.82) is 0 Å². The lowest BCUT2D eigenvalue weighted by Gasteiger charge is -1.44. The highest BCUT2D eigenvalue weighted by Crippen LogP contribution is 1.78. The molecule has 0 nitrogen and oxygen atoms in total. The van der Waals surface area contributed by atoms with E-state index in [4.69, 9.17) is 11.6 Å². The highest BCUT2D eigenvalue weighted by molar-refractivity contribution is 9.11. The molecule has 2 heteroatoms. The van der Waals surface area contributed by atoms with Gasteiger partial charge in [-0.2, -0.15) is 0 Å². The molecule has 0 aliphatic rings. The molecule has 0 N–H and O–H groups in total. The van der Waals surface area contributed by atoms with E-state index in [0.29, 0.717) is 0 Å². The molecule has 0 radical (unpaired) electrons. The molecule has 0 aliphatic carbocycles. The third kappa shape index (κ3) is 4.29. The Morgan fingerprint density at radius 3 is 2.40 bits per heavy atom. The minimum Gasteiger partial charge on any atom is -0.101 e. The first kappa shape index (κ1) is 5.29. The molecule has 0 amide bonds. The molecule has 0 aromatic carbocycles. The minimum atomic E-state index is 1.30. The maximum absolute atomic E-state index is 5.00. The van der Waals surface area contributed by atoms with E-state index in [1.165, 1.54) is 5.54 Å². The fraction of sp³-hybridized carbons (Fsp3) is 0. The Balaban J connectivity index is 3.26. The Hall–Kier alpha value is 0.290. The average Bonchev–Trinajstić information content (AvgIpc) is 1.41. The summed E-state index contributed by atoms with van der Waals surface area (Å²) >= 11 is 7.96. The van der Waals surface area contributed by atoms with E-state index >= 15 is 0 Å². The van der Waals surface area contributed by atoms with Crippen LogP contribution in [0.1, 0.15) is 0 Å². The first-order valence-electron chi connectivity index (χ1n) is 1.01. The van der Waals surface area contributed by atoms with E-state index in [0.717, 1.165) is 0 Å². The van der Waals surface area contributed by atoms with Gasteiger partial charge in [0.2, 0.25) is 0 Å². The van der Waals surface area contributed by atoms with Gasteiger partial charge in [-0.1, -0.05) is 27.5 Å². The Morgan fingerprint density at radius 2 is 2.40 bits per heavy atom. The van der Waals surface area contributed by atoms with Gasteiger partial charge in [0.1, 0.15) is 0 Å². The summed E-state index contributed by atoms with van der Waals surface area (Å²) in [4.78, 5) is 1.56. The van der Waals surface area contributed by atoms with Crippen LogP contribution in [0.2, 0.25) is 0 Å². The van der Waals surface area contributed by atoms with Crippen LogP contribution in [-0.4, -0.2) is 0 Å². The van der Waals surface area contributed by atoms with Crippen LogP contribution in [0.3, 0.4) is 0 Å². The highest BCUT2D eigenvalue weighted by Gasteiger charge is 1.39. The number of hydrogen-bond acceptors (Lipinski definition) is 0. The van der Waals surface area contributed by atoms with Crippen LogP contribution in [0.5, 0.6) is 0 Å². The normalized spacial score (nSPS) is 5.20. The SMILES string of the molecule is ClC=C=CBr. The molecule has 0 aliphatic heterocycles. The average molecular weight is 153 g/mol. The summed E-state index contributed by atoms with van der Waals surface area (Å²) < 4.78 is 0. The Kier molecular flexibility index (Phi) is 4.54. The lowest BCUT2D eigenvalue weighted by molar-refractivity contribution is 2.39. The van der Waals surface area contributed by atoms with Crippen molar-refractivity contribution in [3.8, 4) is 0 Å². The van der Waals surface area contributed by atoms with Gasteiger partial charge in [0.05, 0.1) is 0 Å². The van der Waals surface area contributed by atoms with Gasteiger partial charge in [-0.3, -0.25) is 0 Å². The Bertz CT molecular complexity index is 55.3. The number of halogens is 2. The van der Waals surface area contributed by atoms with E-state index < -0.39 is 0 Å². The van der Waals surface area contributed by atoms with Crippen LogP contribution < -0.4 is 0 Å². The van der Waals surface area contributed by atoms with E-state index in [-0.39, 0.29) is 0 Å². The molecule has 0 saturated carbocycles. The van der Waals surface area contributed by atoms with Gasteiger partial charge in [0.15, 0.2) is 0 Å². The second kappa shape index (κ2) is 4.29. The van der Waals surface area contributed by atoms with Gasteiger partial charge in [-0.05, 0) is 0 Å².